The molecule has 1 aromatic rings. The van der Waals surface area contributed by atoms with Gasteiger partial charge in [0.2, 0.25) is 0 Å². The third-order valence-corrected chi connectivity index (χ3v) is 4.25. The maximum atomic E-state index is 6.06. The average molecular weight is 283 g/mol. The summed E-state index contributed by atoms with van der Waals surface area (Å²) in [4.78, 5) is 6.82. The number of rotatable bonds is 7. The summed E-state index contributed by atoms with van der Waals surface area (Å²) >= 11 is 1.72. The Balaban J connectivity index is 1.70. The van der Waals surface area contributed by atoms with Gasteiger partial charge < -0.3 is 10.1 Å². The summed E-state index contributed by atoms with van der Waals surface area (Å²) in [6.07, 6.45) is 3.14. The van der Waals surface area contributed by atoms with Gasteiger partial charge in [-0.15, -0.1) is 11.3 Å². The van der Waals surface area contributed by atoms with Crippen molar-refractivity contribution in [3.8, 4) is 0 Å². The van der Waals surface area contributed by atoms with E-state index in [1.54, 1.807) is 11.3 Å². The van der Waals surface area contributed by atoms with Crippen molar-refractivity contribution in [1.82, 2.24) is 15.2 Å². The quantitative estimate of drug-likeness (QED) is 0.831. The zero-order chi connectivity index (χ0) is 13.7. The summed E-state index contributed by atoms with van der Waals surface area (Å²) in [5.74, 6) is 0. The number of aromatic nitrogens is 1. The number of nitrogens with one attached hydrogen (secondary N) is 1. The molecule has 0 spiro atoms. The van der Waals surface area contributed by atoms with Crippen LogP contribution in [0.3, 0.4) is 0 Å². The van der Waals surface area contributed by atoms with Crippen molar-refractivity contribution in [3.05, 3.63) is 16.1 Å². The van der Waals surface area contributed by atoms with Gasteiger partial charge in [-0.2, -0.15) is 0 Å². The van der Waals surface area contributed by atoms with Gasteiger partial charge in [-0.1, -0.05) is 6.92 Å². The number of thiazole rings is 1. The standard InChI is InChI=1S/C14H25N3OS/c1-4-15-7-13-5-6-14(18-13)9-17(3)8-12-10-19-11(2)16-12/h10,13-15H,4-9H2,1-3H3. The van der Waals surface area contributed by atoms with Crippen LogP contribution in [0.5, 0.6) is 0 Å². The van der Waals surface area contributed by atoms with E-state index in [0.29, 0.717) is 12.2 Å². The van der Waals surface area contributed by atoms with Gasteiger partial charge in [-0.3, -0.25) is 4.90 Å². The predicted molar refractivity (Wildman–Crippen MR) is 79.6 cm³/mol. The number of hydrogen-bond acceptors (Lipinski definition) is 5. The SMILES string of the molecule is CCNCC1CCC(CN(C)Cc2csc(C)n2)O1. The van der Waals surface area contributed by atoms with E-state index in [-0.39, 0.29) is 0 Å². The third kappa shape index (κ3) is 4.84. The lowest BCUT2D eigenvalue weighted by molar-refractivity contribution is 0.0268. The zero-order valence-electron chi connectivity index (χ0n) is 12.2. The molecular formula is C14H25N3OS. The molecular weight excluding hydrogens is 258 g/mol. The summed E-state index contributed by atoms with van der Waals surface area (Å²) in [6.45, 7) is 8.12. The van der Waals surface area contributed by atoms with E-state index in [2.05, 4.69) is 41.5 Å². The minimum Gasteiger partial charge on any atom is -0.372 e. The number of aryl methyl sites for hydroxylation is 1. The molecule has 1 N–H and O–H groups in total. The van der Waals surface area contributed by atoms with E-state index in [9.17, 15) is 0 Å². The molecule has 5 heteroatoms. The summed E-state index contributed by atoms with van der Waals surface area (Å²) in [5, 5.41) is 6.65. The molecule has 108 valence electrons. The Bertz CT molecular complexity index is 383. The molecule has 0 aliphatic carbocycles. The van der Waals surface area contributed by atoms with E-state index < -0.39 is 0 Å². The van der Waals surface area contributed by atoms with E-state index in [1.807, 2.05) is 0 Å². The number of nitrogens with zero attached hydrogens (tertiary/aromatic N) is 2. The Morgan fingerprint density at radius 2 is 2.26 bits per heavy atom. The molecule has 2 atom stereocenters. The smallest absolute Gasteiger partial charge is 0.0897 e. The molecule has 0 aromatic carbocycles. The van der Waals surface area contributed by atoms with Crippen LogP contribution in [0.2, 0.25) is 0 Å². The molecule has 0 amide bonds. The van der Waals surface area contributed by atoms with Crippen molar-refractivity contribution in [2.24, 2.45) is 0 Å². The number of hydrogen-bond donors (Lipinski definition) is 1. The van der Waals surface area contributed by atoms with Crippen LogP contribution in [0.4, 0.5) is 0 Å². The lowest BCUT2D eigenvalue weighted by Crippen LogP contribution is -2.31. The lowest BCUT2D eigenvalue weighted by Gasteiger charge is -2.20. The van der Waals surface area contributed by atoms with Crippen molar-refractivity contribution in [2.45, 2.75) is 45.4 Å². The van der Waals surface area contributed by atoms with Crippen LogP contribution < -0.4 is 5.32 Å². The van der Waals surface area contributed by atoms with Crippen molar-refractivity contribution in [3.63, 3.8) is 0 Å². The summed E-state index contributed by atoms with van der Waals surface area (Å²) in [7, 11) is 2.15. The van der Waals surface area contributed by atoms with E-state index in [4.69, 9.17) is 4.74 Å². The van der Waals surface area contributed by atoms with Gasteiger partial charge in [0.15, 0.2) is 0 Å². The van der Waals surface area contributed by atoms with Crippen molar-refractivity contribution in [2.75, 3.05) is 26.7 Å². The molecule has 0 bridgehead atoms. The van der Waals surface area contributed by atoms with E-state index >= 15 is 0 Å². The van der Waals surface area contributed by atoms with Crippen LogP contribution >= 0.6 is 11.3 Å². The van der Waals surface area contributed by atoms with Crippen LogP contribution in [0.1, 0.15) is 30.5 Å². The zero-order valence-corrected chi connectivity index (χ0v) is 13.0. The molecule has 1 saturated heterocycles. The highest BCUT2D eigenvalue weighted by molar-refractivity contribution is 7.09. The molecule has 1 aliphatic heterocycles. The molecule has 2 rings (SSSR count). The highest BCUT2D eigenvalue weighted by Crippen LogP contribution is 2.20. The van der Waals surface area contributed by atoms with Crippen molar-refractivity contribution >= 4 is 11.3 Å². The summed E-state index contributed by atoms with van der Waals surface area (Å²) in [6, 6.07) is 0. The van der Waals surface area contributed by atoms with Gasteiger partial charge in [0.1, 0.15) is 0 Å². The minimum atomic E-state index is 0.383. The number of ether oxygens (including phenoxy) is 1. The molecule has 0 saturated carbocycles. The second-order valence-corrected chi connectivity index (χ2v) is 6.38. The maximum Gasteiger partial charge on any atom is 0.0897 e. The first-order valence-corrected chi connectivity index (χ1v) is 8.01. The molecule has 1 fully saturated rings. The highest BCUT2D eigenvalue weighted by atomic mass is 32.1. The first-order chi connectivity index (χ1) is 9.17. The maximum absolute atomic E-state index is 6.06. The Labute approximate surface area is 120 Å². The van der Waals surface area contributed by atoms with E-state index in [1.165, 1.54) is 18.5 Å². The van der Waals surface area contributed by atoms with Crippen molar-refractivity contribution < 1.29 is 4.74 Å². The first kappa shape index (κ1) is 14.9. The summed E-state index contributed by atoms with van der Waals surface area (Å²) in [5.41, 5.74) is 1.17. The van der Waals surface area contributed by atoms with Crippen LogP contribution in [0.25, 0.3) is 0 Å². The Kier molecular flexibility index (Phi) is 5.76. The Hall–Kier alpha value is -0.490. The van der Waals surface area contributed by atoms with Gasteiger partial charge in [-0.25, -0.2) is 4.98 Å². The molecule has 1 aliphatic rings. The van der Waals surface area contributed by atoms with Crippen LogP contribution in [0, 0.1) is 6.92 Å². The molecule has 2 heterocycles. The van der Waals surface area contributed by atoms with Gasteiger partial charge in [0.25, 0.3) is 0 Å². The molecule has 2 unspecified atom stereocenters. The second kappa shape index (κ2) is 7.33. The molecule has 19 heavy (non-hydrogen) atoms. The topological polar surface area (TPSA) is 37.4 Å². The first-order valence-electron chi connectivity index (χ1n) is 7.13. The fraction of sp³-hybridized carbons (Fsp3) is 0.786. The summed E-state index contributed by atoms with van der Waals surface area (Å²) < 4.78 is 6.06. The largest absolute Gasteiger partial charge is 0.372 e. The van der Waals surface area contributed by atoms with Gasteiger partial charge in [0.05, 0.1) is 22.9 Å². The predicted octanol–water partition coefficient (Wildman–Crippen LogP) is 2.04. The van der Waals surface area contributed by atoms with Crippen molar-refractivity contribution in [1.29, 1.82) is 0 Å². The fourth-order valence-corrected chi connectivity index (χ4v) is 3.14. The van der Waals surface area contributed by atoms with Crippen LogP contribution in [-0.4, -0.2) is 48.8 Å². The fourth-order valence-electron chi connectivity index (χ4n) is 2.54. The highest BCUT2D eigenvalue weighted by Gasteiger charge is 2.25. The Morgan fingerprint density at radius 1 is 1.47 bits per heavy atom. The second-order valence-electron chi connectivity index (χ2n) is 5.32. The van der Waals surface area contributed by atoms with Gasteiger partial charge >= 0.3 is 0 Å². The van der Waals surface area contributed by atoms with Gasteiger partial charge in [0, 0.05) is 25.0 Å². The van der Waals surface area contributed by atoms with Crippen LogP contribution in [-0.2, 0) is 11.3 Å². The minimum absolute atomic E-state index is 0.383. The lowest BCUT2D eigenvalue weighted by atomic mass is 10.2. The van der Waals surface area contributed by atoms with Gasteiger partial charge in [-0.05, 0) is 33.4 Å². The Morgan fingerprint density at radius 3 is 2.95 bits per heavy atom. The third-order valence-electron chi connectivity index (χ3n) is 3.43. The normalized spacial score (nSPS) is 23.4. The average Bonchev–Trinajstić information content (AvgIpc) is 2.96. The molecule has 4 nitrogen and oxygen atoms in total. The van der Waals surface area contributed by atoms with Crippen LogP contribution in [0.15, 0.2) is 5.38 Å². The molecule has 1 aromatic heterocycles. The molecule has 0 radical (unpaired) electrons. The van der Waals surface area contributed by atoms with E-state index in [0.717, 1.165) is 31.2 Å². The monoisotopic (exact) mass is 283 g/mol. The number of likely N-dealkylation sites (N-methyl/N-ethyl adjacent to an activating group) is 2.